The number of aliphatic carboxylic acids is 1. The molecular weight excluding hydrogens is 829 g/mol. The van der Waals surface area contributed by atoms with Crippen molar-refractivity contribution >= 4 is 36.0 Å². The Bertz CT molecular complexity index is 2220. The van der Waals surface area contributed by atoms with Gasteiger partial charge in [0.2, 0.25) is 32.2 Å². The number of nitrogens with one attached hydrogen (secondary N) is 2. The summed E-state index contributed by atoms with van der Waals surface area (Å²) < 4.78 is 31.8. The Labute approximate surface area is 383 Å². The van der Waals surface area contributed by atoms with Gasteiger partial charge in [0.15, 0.2) is 34.5 Å². The molecule has 0 aliphatic carbocycles. The summed E-state index contributed by atoms with van der Waals surface area (Å²) in [6.45, 7) is 12.0. The number of carbonyl (C=O) groups is 3. The van der Waals surface area contributed by atoms with E-state index in [2.05, 4.69) is 17.6 Å². The van der Waals surface area contributed by atoms with Crippen LogP contribution in [0, 0.1) is 5.92 Å². The first-order valence-electron chi connectivity index (χ1n) is 22.2. The van der Waals surface area contributed by atoms with Crippen molar-refractivity contribution < 1.29 is 53.0 Å². The van der Waals surface area contributed by atoms with Gasteiger partial charge in [0.25, 0.3) is 0 Å². The number of rotatable bonds is 20. The average molecular weight is 893 g/mol. The summed E-state index contributed by atoms with van der Waals surface area (Å²) in [5, 5.41) is 23.2. The molecule has 1 unspecified atom stereocenters. The van der Waals surface area contributed by atoms with Crippen molar-refractivity contribution in [2.24, 2.45) is 5.92 Å². The van der Waals surface area contributed by atoms with Crippen molar-refractivity contribution in [3.05, 3.63) is 124 Å². The molecule has 4 N–H and O–H groups in total. The zero-order valence-electron chi connectivity index (χ0n) is 38.2. The number of unbranched alkanes of at least 4 members (excludes halogenated alkanes) is 5. The second kappa shape index (κ2) is 28.1. The highest BCUT2D eigenvalue weighted by molar-refractivity contribution is 5.88. The lowest BCUT2D eigenvalue weighted by Gasteiger charge is -2.07. The SMILES string of the molecule is CC(/C=C/C(=O)NCC(C)CO)=C\c1ccc2c(c1)OCO2.CCC(/C=C/C(=O)O)=C\c1ccc2c(c1)OCO2.CCCCCCCCNC(=O)/C=C/C(C)=C/c1ccc2c(c1)OCO2. The third kappa shape index (κ3) is 19.3. The number of carboxylic acid groups (broad SMARTS) is 1. The van der Waals surface area contributed by atoms with Crippen LogP contribution in [0.1, 0.15) is 96.3 Å². The Morgan fingerprint density at radius 2 is 1.03 bits per heavy atom. The molecule has 348 valence electrons. The first kappa shape index (κ1) is 50.9. The smallest absolute Gasteiger partial charge is 0.328 e. The third-order valence-electron chi connectivity index (χ3n) is 9.94. The molecule has 3 aliphatic rings. The van der Waals surface area contributed by atoms with Crippen molar-refractivity contribution in [3.63, 3.8) is 0 Å². The Morgan fingerprint density at radius 3 is 1.49 bits per heavy atom. The maximum Gasteiger partial charge on any atom is 0.328 e. The number of carboxylic acids is 1. The van der Waals surface area contributed by atoms with Gasteiger partial charge in [0.1, 0.15) is 0 Å². The van der Waals surface area contributed by atoms with Crippen LogP contribution in [0.15, 0.2) is 108 Å². The number of amides is 2. The lowest BCUT2D eigenvalue weighted by atomic mass is 10.1. The Balaban J connectivity index is 0.000000216. The minimum Gasteiger partial charge on any atom is -0.478 e. The van der Waals surface area contributed by atoms with Gasteiger partial charge in [0.05, 0.1) is 0 Å². The molecule has 6 rings (SSSR count). The highest BCUT2D eigenvalue weighted by atomic mass is 16.7. The van der Waals surface area contributed by atoms with E-state index in [9.17, 15) is 14.4 Å². The van der Waals surface area contributed by atoms with Gasteiger partial charge in [-0.25, -0.2) is 4.79 Å². The van der Waals surface area contributed by atoms with E-state index in [1.807, 2.05) is 107 Å². The molecule has 65 heavy (non-hydrogen) atoms. The van der Waals surface area contributed by atoms with Gasteiger partial charge in [-0.15, -0.1) is 0 Å². The van der Waals surface area contributed by atoms with Crippen LogP contribution < -0.4 is 39.1 Å². The standard InChI is InChI=1S/C21H29NO3.C17H21NO4.C14H14O4/c1-3-4-5-6-7-8-13-22-21(23)12-9-17(2)14-18-10-11-19-20(15-18)25-16-24-19;1-12(3-6-17(20)18-9-13(2)10-19)7-14-4-5-15-16(8-14)22-11-21-15;1-2-10(4-6-14(15)16)7-11-3-5-12-13(8-11)18-9-17-12/h9-12,14-15H,3-8,13,16H2,1-2H3,(H,22,23);3-8,13,19H,9-11H2,1-2H3,(H,18,20);3-8H,2,9H2,1H3,(H,15,16)/b12-9+,17-14+;6-3+,12-7+;6-4+,10-7+. The molecular formula is C52H64N2O11. The minimum atomic E-state index is -0.944. The third-order valence-corrected chi connectivity index (χ3v) is 9.94. The quantitative estimate of drug-likeness (QED) is 0.0484. The molecule has 0 fully saturated rings. The Hall–Kier alpha value is -6.73. The molecule has 3 aliphatic heterocycles. The number of allylic oxidation sites excluding steroid dienone is 6. The van der Waals surface area contributed by atoms with E-state index < -0.39 is 5.97 Å². The Morgan fingerprint density at radius 1 is 0.585 bits per heavy atom. The van der Waals surface area contributed by atoms with Gasteiger partial charge in [-0.3, -0.25) is 9.59 Å². The molecule has 13 nitrogen and oxygen atoms in total. The summed E-state index contributed by atoms with van der Waals surface area (Å²) >= 11 is 0. The average Bonchev–Trinajstić information content (AvgIpc) is 4.09. The molecule has 3 heterocycles. The number of hydrogen-bond donors (Lipinski definition) is 4. The lowest BCUT2D eigenvalue weighted by molar-refractivity contribution is -0.131. The van der Waals surface area contributed by atoms with Gasteiger partial charge in [-0.2, -0.15) is 0 Å². The van der Waals surface area contributed by atoms with Crippen LogP contribution in [0.5, 0.6) is 34.5 Å². The molecule has 0 saturated heterocycles. The fourth-order valence-electron chi connectivity index (χ4n) is 6.28. The summed E-state index contributed by atoms with van der Waals surface area (Å²) in [7, 11) is 0. The second-order valence-electron chi connectivity index (χ2n) is 15.6. The predicted octanol–water partition coefficient (Wildman–Crippen LogP) is 9.82. The number of hydrogen-bond acceptors (Lipinski definition) is 10. The van der Waals surface area contributed by atoms with E-state index in [1.165, 1.54) is 38.2 Å². The lowest BCUT2D eigenvalue weighted by Crippen LogP contribution is -2.27. The highest BCUT2D eigenvalue weighted by Crippen LogP contribution is 2.35. The number of fused-ring (bicyclic) bond motifs is 3. The number of carbonyl (C=O) groups excluding carboxylic acids is 2. The van der Waals surface area contributed by atoms with E-state index in [0.29, 0.717) is 6.54 Å². The minimum absolute atomic E-state index is 0.0352. The number of benzene rings is 3. The van der Waals surface area contributed by atoms with Crippen LogP contribution in [0.4, 0.5) is 0 Å². The second-order valence-corrected chi connectivity index (χ2v) is 15.6. The summed E-state index contributed by atoms with van der Waals surface area (Å²) in [6, 6.07) is 17.2. The predicted molar refractivity (Wildman–Crippen MR) is 254 cm³/mol. The maximum atomic E-state index is 11.8. The number of aliphatic hydroxyl groups excluding tert-OH is 1. The van der Waals surface area contributed by atoms with Gasteiger partial charge in [0, 0.05) is 37.9 Å². The van der Waals surface area contributed by atoms with Gasteiger partial charge in [-0.1, -0.05) is 119 Å². The molecule has 2 amide bonds. The van der Waals surface area contributed by atoms with Crippen molar-refractivity contribution in [1.82, 2.24) is 10.6 Å². The van der Waals surface area contributed by atoms with Crippen LogP contribution in [0.2, 0.25) is 0 Å². The highest BCUT2D eigenvalue weighted by Gasteiger charge is 2.14. The maximum absolute atomic E-state index is 11.8. The largest absolute Gasteiger partial charge is 0.478 e. The first-order valence-corrected chi connectivity index (χ1v) is 22.2. The van der Waals surface area contributed by atoms with Gasteiger partial charge < -0.3 is 49.3 Å². The van der Waals surface area contributed by atoms with E-state index >= 15 is 0 Å². The summed E-state index contributed by atoms with van der Waals surface area (Å²) in [5.41, 5.74) is 5.87. The van der Waals surface area contributed by atoms with Crippen molar-refractivity contribution in [2.75, 3.05) is 40.1 Å². The molecule has 1 atom stereocenters. The molecule has 0 saturated carbocycles. The summed E-state index contributed by atoms with van der Waals surface area (Å²) in [4.78, 5) is 33.9. The molecule has 0 bridgehead atoms. The normalized spacial score (nSPS) is 14.2. The van der Waals surface area contributed by atoms with Crippen LogP contribution >= 0.6 is 0 Å². The molecule has 0 spiro atoms. The fourth-order valence-corrected chi connectivity index (χ4v) is 6.28. The molecule has 13 heteroatoms. The van der Waals surface area contributed by atoms with Crippen LogP contribution in [0.25, 0.3) is 18.2 Å². The zero-order chi connectivity index (χ0) is 46.8. The molecule has 0 aromatic heterocycles. The summed E-state index contributed by atoms with van der Waals surface area (Å²) in [5.74, 6) is 3.41. The fraction of sp³-hybridized carbons (Fsp3) is 0.365. The number of aliphatic hydroxyl groups is 1. The van der Waals surface area contributed by atoms with Crippen molar-refractivity contribution in [2.45, 2.75) is 79.6 Å². The molecule has 3 aromatic carbocycles. The van der Waals surface area contributed by atoms with Gasteiger partial charge >= 0.3 is 5.97 Å². The topological polar surface area (TPSA) is 171 Å². The van der Waals surface area contributed by atoms with Gasteiger partial charge in [-0.05, 0) is 91.3 Å². The van der Waals surface area contributed by atoms with Crippen LogP contribution in [0.3, 0.4) is 0 Å². The van der Waals surface area contributed by atoms with Crippen molar-refractivity contribution in [1.29, 1.82) is 0 Å². The number of ether oxygens (including phenoxy) is 6. The van der Waals surface area contributed by atoms with E-state index in [0.717, 1.165) is 93.4 Å². The monoisotopic (exact) mass is 892 g/mol. The van der Waals surface area contributed by atoms with Crippen LogP contribution in [-0.4, -0.2) is 68.1 Å². The van der Waals surface area contributed by atoms with E-state index in [1.54, 1.807) is 18.2 Å². The van der Waals surface area contributed by atoms with E-state index in [-0.39, 0.29) is 44.7 Å². The van der Waals surface area contributed by atoms with E-state index in [4.69, 9.17) is 38.6 Å². The van der Waals surface area contributed by atoms with Crippen LogP contribution in [-0.2, 0) is 14.4 Å². The molecule has 0 radical (unpaired) electrons. The summed E-state index contributed by atoms with van der Waals surface area (Å²) in [6.07, 6.45) is 23.5. The van der Waals surface area contributed by atoms with Crippen molar-refractivity contribution in [3.8, 4) is 34.5 Å². The Kier molecular flexibility index (Phi) is 22.0. The zero-order valence-corrected chi connectivity index (χ0v) is 38.2. The first-order chi connectivity index (χ1) is 31.5. The molecule has 3 aromatic rings.